The molecule has 0 saturated carbocycles. The fraction of sp³-hybridized carbons (Fsp3) is 0.286. The molecule has 1 aliphatic heterocycles. The van der Waals surface area contributed by atoms with Gasteiger partial charge in [0, 0.05) is 31.2 Å². The average Bonchev–Trinajstić information content (AvgIpc) is 3.28. The van der Waals surface area contributed by atoms with Gasteiger partial charge >= 0.3 is 0 Å². The molecular weight excluding hydrogens is 404 g/mol. The molecule has 1 N–H and O–H groups in total. The van der Waals surface area contributed by atoms with Crippen molar-refractivity contribution < 1.29 is 13.2 Å². The van der Waals surface area contributed by atoms with Crippen molar-refractivity contribution in [1.29, 1.82) is 0 Å². The molecule has 156 valence electrons. The summed E-state index contributed by atoms with van der Waals surface area (Å²) in [5, 5.41) is 8.10. The van der Waals surface area contributed by atoms with E-state index in [0.29, 0.717) is 35.2 Å². The van der Waals surface area contributed by atoms with Gasteiger partial charge in [0.15, 0.2) is 0 Å². The van der Waals surface area contributed by atoms with E-state index in [9.17, 15) is 18.0 Å². The van der Waals surface area contributed by atoms with Crippen LogP contribution in [-0.2, 0) is 28.3 Å². The maximum Gasteiger partial charge on any atom is 0.274 e. The summed E-state index contributed by atoms with van der Waals surface area (Å²) in [4.78, 5) is 25.0. The van der Waals surface area contributed by atoms with Crippen LogP contribution in [0.5, 0.6) is 0 Å². The molecule has 0 unspecified atom stereocenters. The highest BCUT2D eigenvalue weighted by Gasteiger charge is 2.27. The molecule has 9 heteroatoms. The topological polar surface area (TPSA) is 101 Å². The number of hydrogen-bond acceptors (Lipinski definition) is 5. The first-order chi connectivity index (χ1) is 14.4. The largest absolute Gasteiger partial charge is 0.326 e. The van der Waals surface area contributed by atoms with Gasteiger partial charge in [0.05, 0.1) is 22.4 Å². The van der Waals surface area contributed by atoms with Crippen LogP contribution in [0, 0.1) is 0 Å². The Morgan fingerprint density at radius 3 is 2.50 bits per heavy atom. The van der Waals surface area contributed by atoms with E-state index < -0.39 is 10.0 Å². The second-order valence-corrected chi connectivity index (χ2v) is 9.22. The number of aryl methyl sites for hydroxylation is 1. The van der Waals surface area contributed by atoms with Gasteiger partial charge in [0.25, 0.3) is 5.56 Å². The lowest BCUT2D eigenvalue weighted by molar-refractivity contribution is -0.115. The Balaban J connectivity index is 1.57. The van der Waals surface area contributed by atoms with Crippen molar-refractivity contribution in [3.05, 3.63) is 64.6 Å². The molecule has 30 heavy (non-hydrogen) atoms. The van der Waals surface area contributed by atoms with Gasteiger partial charge in [-0.15, -0.1) is 0 Å². The summed E-state index contributed by atoms with van der Waals surface area (Å²) >= 11 is 0. The summed E-state index contributed by atoms with van der Waals surface area (Å²) < 4.78 is 28.2. The van der Waals surface area contributed by atoms with E-state index in [1.807, 2.05) is 0 Å². The maximum absolute atomic E-state index is 12.8. The van der Waals surface area contributed by atoms with Crippen LogP contribution < -0.4 is 10.9 Å². The van der Waals surface area contributed by atoms with E-state index in [0.717, 1.165) is 12.8 Å². The second kappa shape index (κ2) is 8.00. The van der Waals surface area contributed by atoms with Crippen LogP contribution >= 0.6 is 0 Å². The zero-order chi connectivity index (χ0) is 21.3. The van der Waals surface area contributed by atoms with Gasteiger partial charge in [-0.1, -0.05) is 24.3 Å². The Morgan fingerprint density at radius 2 is 1.77 bits per heavy atom. The van der Waals surface area contributed by atoms with Gasteiger partial charge in [-0.3, -0.25) is 9.59 Å². The number of fused-ring (bicyclic) bond motifs is 1. The molecule has 1 fully saturated rings. The first kappa shape index (κ1) is 20.2. The lowest BCUT2D eigenvalue weighted by atomic mass is 10.1. The van der Waals surface area contributed by atoms with Crippen molar-refractivity contribution in [2.75, 3.05) is 18.4 Å². The lowest BCUT2D eigenvalue weighted by Crippen LogP contribution is -2.28. The van der Waals surface area contributed by atoms with E-state index in [-0.39, 0.29) is 22.8 Å². The Morgan fingerprint density at radius 1 is 1.07 bits per heavy atom. The molecule has 1 aliphatic rings. The standard InChI is InChI=1S/C21H22N4O4S/c1-24-21(27)18-10-3-2-9-17(18)19(23-24)14-20(26)22-15-7-6-8-16(13-15)30(28,29)25-11-4-5-12-25/h2-3,6-10,13H,4-5,11-12,14H2,1H3,(H,22,26). The smallest absolute Gasteiger partial charge is 0.274 e. The molecule has 2 heterocycles. The Labute approximate surface area is 174 Å². The van der Waals surface area contributed by atoms with Crippen molar-refractivity contribution in [3.63, 3.8) is 0 Å². The number of sulfonamides is 1. The minimum Gasteiger partial charge on any atom is -0.326 e. The highest BCUT2D eigenvalue weighted by Crippen LogP contribution is 2.23. The minimum absolute atomic E-state index is 0.0439. The number of nitrogens with one attached hydrogen (secondary N) is 1. The van der Waals surface area contributed by atoms with Gasteiger partial charge < -0.3 is 5.32 Å². The van der Waals surface area contributed by atoms with Crippen LogP contribution in [0.2, 0.25) is 0 Å². The monoisotopic (exact) mass is 426 g/mol. The Kier molecular flexibility index (Phi) is 5.40. The van der Waals surface area contributed by atoms with Gasteiger partial charge in [-0.05, 0) is 37.1 Å². The molecule has 0 aliphatic carbocycles. The molecule has 0 radical (unpaired) electrons. The van der Waals surface area contributed by atoms with Gasteiger partial charge in [-0.2, -0.15) is 9.40 Å². The fourth-order valence-corrected chi connectivity index (χ4v) is 5.24. The summed E-state index contributed by atoms with van der Waals surface area (Å²) in [6.45, 7) is 1.04. The number of carbonyl (C=O) groups is 1. The van der Waals surface area contributed by atoms with Crippen molar-refractivity contribution in [2.24, 2.45) is 7.05 Å². The lowest BCUT2D eigenvalue weighted by Gasteiger charge is -2.16. The predicted molar refractivity (Wildman–Crippen MR) is 114 cm³/mol. The predicted octanol–water partition coefficient (Wildman–Crippen LogP) is 1.90. The molecule has 3 aromatic rings. The number of amides is 1. The summed E-state index contributed by atoms with van der Waals surface area (Å²) in [6, 6.07) is 13.3. The highest BCUT2D eigenvalue weighted by atomic mass is 32.2. The molecule has 0 spiro atoms. The third-order valence-electron chi connectivity index (χ3n) is 5.18. The molecule has 1 aromatic heterocycles. The molecule has 0 bridgehead atoms. The van der Waals surface area contributed by atoms with Gasteiger partial charge in [0.1, 0.15) is 0 Å². The number of hydrogen-bond donors (Lipinski definition) is 1. The van der Waals surface area contributed by atoms with Crippen molar-refractivity contribution in [2.45, 2.75) is 24.2 Å². The summed E-state index contributed by atoms with van der Waals surface area (Å²) in [7, 11) is -2.02. The number of aromatic nitrogens is 2. The average molecular weight is 426 g/mol. The molecule has 1 saturated heterocycles. The highest BCUT2D eigenvalue weighted by molar-refractivity contribution is 7.89. The number of benzene rings is 2. The first-order valence-electron chi connectivity index (χ1n) is 9.71. The first-order valence-corrected chi connectivity index (χ1v) is 11.2. The van der Waals surface area contributed by atoms with Crippen LogP contribution in [-0.4, -0.2) is 41.5 Å². The van der Waals surface area contributed by atoms with E-state index in [1.165, 1.54) is 21.1 Å². The number of rotatable bonds is 5. The Bertz CT molecular complexity index is 1280. The van der Waals surface area contributed by atoms with E-state index >= 15 is 0 Å². The maximum atomic E-state index is 12.8. The quantitative estimate of drug-likeness (QED) is 0.671. The normalized spacial score (nSPS) is 14.8. The van der Waals surface area contributed by atoms with E-state index in [2.05, 4.69) is 10.4 Å². The van der Waals surface area contributed by atoms with Gasteiger partial charge in [-0.25, -0.2) is 13.1 Å². The van der Waals surface area contributed by atoms with E-state index in [4.69, 9.17) is 0 Å². The number of carbonyl (C=O) groups excluding carboxylic acids is 1. The molecule has 1 amide bonds. The number of anilines is 1. The van der Waals surface area contributed by atoms with Crippen LogP contribution in [0.1, 0.15) is 18.5 Å². The summed E-state index contributed by atoms with van der Waals surface area (Å²) in [6.07, 6.45) is 1.67. The van der Waals surface area contributed by atoms with Crippen LogP contribution in [0.4, 0.5) is 5.69 Å². The molecule has 2 aromatic carbocycles. The summed E-state index contributed by atoms with van der Waals surface area (Å²) in [5.74, 6) is -0.345. The molecular formula is C21H22N4O4S. The van der Waals surface area contributed by atoms with Crippen molar-refractivity contribution in [1.82, 2.24) is 14.1 Å². The SMILES string of the molecule is Cn1nc(CC(=O)Nc2cccc(S(=O)(=O)N3CCCC3)c2)c2ccccc2c1=O. The Hall–Kier alpha value is -3.04. The summed E-state index contributed by atoms with van der Waals surface area (Å²) in [5.41, 5.74) is 0.648. The third-order valence-corrected chi connectivity index (χ3v) is 7.08. The van der Waals surface area contributed by atoms with Gasteiger partial charge in [0.2, 0.25) is 15.9 Å². The zero-order valence-corrected chi connectivity index (χ0v) is 17.4. The molecule has 0 atom stereocenters. The van der Waals surface area contributed by atoms with Crippen LogP contribution in [0.25, 0.3) is 10.8 Å². The number of nitrogens with zero attached hydrogens (tertiary/aromatic N) is 3. The minimum atomic E-state index is -3.56. The van der Waals surface area contributed by atoms with Crippen LogP contribution in [0.3, 0.4) is 0 Å². The third kappa shape index (κ3) is 3.86. The van der Waals surface area contributed by atoms with E-state index in [1.54, 1.807) is 43.4 Å². The zero-order valence-electron chi connectivity index (χ0n) is 16.5. The van der Waals surface area contributed by atoms with Crippen molar-refractivity contribution >= 4 is 32.4 Å². The fourth-order valence-electron chi connectivity index (χ4n) is 3.68. The van der Waals surface area contributed by atoms with Crippen LogP contribution in [0.15, 0.2) is 58.2 Å². The van der Waals surface area contributed by atoms with Crippen molar-refractivity contribution in [3.8, 4) is 0 Å². The second-order valence-electron chi connectivity index (χ2n) is 7.29. The molecule has 8 nitrogen and oxygen atoms in total. The molecule has 4 rings (SSSR count).